The monoisotopic (exact) mass is 482 g/mol. The van der Waals surface area contributed by atoms with Gasteiger partial charge in [0.15, 0.2) is 5.82 Å². The van der Waals surface area contributed by atoms with Gasteiger partial charge >= 0.3 is 0 Å². The molecule has 9 heteroatoms. The van der Waals surface area contributed by atoms with Gasteiger partial charge in [0, 0.05) is 24.1 Å². The van der Waals surface area contributed by atoms with Crippen molar-refractivity contribution in [3.05, 3.63) is 59.4 Å². The lowest BCUT2D eigenvalue weighted by atomic mass is 10.1. The van der Waals surface area contributed by atoms with Crippen molar-refractivity contribution in [3.8, 4) is 11.5 Å². The molecule has 0 spiro atoms. The molecule has 0 aliphatic carbocycles. The van der Waals surface area contributed by atoms with Gasteiger partial charge in [-0.25, -0.2) is 8.42 Å². The summed E-state index contributed by atoms with van der Waals surface area (Å²) >= 11 is 0. The van der Waals surface area contributed by atoms with Crippen molar-refractivity contribution in [1.82, 2.24) is 14.4 Å². The Kier molecular flexibility index (Phi) is 6.86. The van der Waals surface area contributed by atoms with E-state index >= 15 is 0 Å². The number of benzene rings is 2. The third kappa shape index (κ3) is 4.76. The molecule has 1 aromatic heterocycles. The molecule has 2 aromatic carbocycles. The molecule has 2 heterocycles. The minimum absolute atomic E-state index is 0.0258. The zero-order chi connectivity index (χ0) is 24.5. The third-order valence-corrected chi connectivity index (χ3v) is 8.19. The predicted molar refractivity (Wildman–Crippen MR) is 130 cm³/mol. The van der Waals surface area contributed by atoms with Crippen LogP contribution in [0.1, 0.15) is 67.7 Å². The van der Waals surface area contributed by atoms with Crippen molar-refractivity contribution < 1.29 is 17.7 Å². The van der Waals surface area contributed by atoms with Gasteiger partial charge in [0.05, 0.1) is 16.1 Å². The van der Waals surface area contributed by atoms with Crippen molar-refractivity contribution in [3.63, 3.8) is 0 Å². The van der Waals surface area contributed by atoms with Crippen LogP contribution in [0.25, 0.3) is 11.5 Å². The second-order valence-corrected chi connectivity index (χ2v) is 10.9. The molecule has 1 aliphatic heterocycles. The van der Waals surface area contributed by atoms with Gasteiger partial charge in [0.2, 0.25) is 10.0 Å². The summed E-state index contributed by atoms with van der Waals surface area (Å²) in [5.41, 5.74) is 2.40. The van der Waals surface area contributed by atoms with Crippen LogP contribution in [0, 0.1) is 6.92 Å². The molecule has 1 fully saturated rings. The first-order valence-corrected chi connectivity index (χ1v) is 13.0. The van der Waals surface area contributed by atoms with E-state index in [1.54, 1.807) is 16.4 Å². The lowest BCUT2D eigenvalue weighted by Crippen LogP contribution is -2.41. The molecule has 1 saturated heterocycles. The number of para-hydroxylation sites is 1. The number of aryl methyl sites for hydroxylation is 1. The van der Waals surface area contributed by atoms with E-state index in [1.165, 1.54) is 12.1 Å². The zero-order valence-corrected chi connectivity index (χ0v) is 20.7. The highest BCUT2D eigenvalue weighted by molar-refractivity contribution is 7.89. The standard InChI is InChI=1S/C25H30N4O4S/c1-16(2)23-27-25(33-28-23)21-10-7-8-17(3)22(21)26-24(30)19-11-13-20(14-12-19)34(31,32)29-15-6-5-9-18(29)4/h7-8,10-14,16,18H,5-6,9,15H2,1-4H3,(H,26,30). The minimum atomic E-state index is -3.59. The quantitative estimate of drug-likeness (QED) is 0.531. The van der Waals surface area contributed by atoms with Gasteiger partial charge < -0.3 is 9.84 Å². The Balaban J connectivity index is 1.57. The largest absolute Gasteiger partial charge is 0.334 e. The number of amides is 1. The molecule has 1 N–H and O–H groups in total. The molecule has 3 aromatic rings. The fourth-order valence-electron chi connectivity index (χ4n) is 4.12. The maximum Gasteiger partial charge on any atom is 0.260 e. The zero-order valence-electron chi connectivity index (χ0n) is 19.9. The first-order chi connectivity index (χ1) is 16.2. The topological polar surface area (TPSA) is 105 Å². The summed E-state index contributed by atoms with van der Waals surface area (Å²) in [5, 5.41) is 6.95. The van der Waals surface area contributed by atoms with E-state index in [0.29, 0.717) is 35.1 Å². The van der Waals surface area contributed by atoms with Crippen LogP contribution in [0.5, 0.6) is 0 Å². The highest BCUT2D eigenvalue weighted by Gasteiger charge is 2.31. The van der Waals surface area contributed by atoms with Gasteiger partial charge in [-0.05, 0) is 62.6 Å². The number of hydrogen-bond acceptors (Lipinski definition) is 6. The summed E-state index contributed by atoms with van der Waals surface area (Å²) in [4.78, 5) is 17.7. The lowest BCUT2D eigenvalue weighted by molar-refractivity contribution is 0.102. The van der Waals surface area contributed by atoms with Crippen molar-refractivity contribution in [2.75, 3.05) is 11.9 Å². The van der Waals surface area contributed by atoms with E-state index in [2.05, 4.69) is 15.5 Å². The first kappa shape index (κ1) is 24.1. The molecule has 8 nitrogen and oxygen atoms in total. The van der Waals surface area contributed by atoms with Crippen LogP contribution in [-0.2, 0) is 10.0 Å². The summed E-state index contributed by atoms with van der Waals surface area (Å²) in [7, 11) is -3.59. The molecule has 34 heavy (non-hydrogen) atoms. The fraction of sp³-hybridized carbons (Fsp3) is 0.400. The Hall–Kier alpha value is -3.04. The van der Waals surface area contributed by atoms with E-state index in [-0.39, 0.29) is 22.8 Å². The van der Waals surface area contributed by atoms with Crippen LogP contribution in [0.2, 0.25) is 0 Å². The molecule has 0 radical (unpaired) electrons. The maximum absolute atomic E-state index is 13.1. The van der Waals surface area contributed by atoms with Crippen molar-refractivity contribution >= 4 is 21.6 Å². The number of piperidine rings is 1. The molecule has 180 valence electrons. The van der Waals surface area contributed by atoms with E-state index in [4.69, 9.17) is 4.52 Å². The molecular weight excluding hydrogens is 452 g/mol. The number of carbonyl (C=O) groups excluding carboxylic acids is 1. The van der Waals surface area contributed by atoms with Crippen molar-refractivity contribution in [2.45, 2.75) is 63.8 Å². The lowest BCUT2D eigenvalue weighted by Gasteiger charge is -2.32. The molecule has 1 amide bonds. The number of nitrogens with one attached hydrogen (secondary N) is 1. The SMILES string of the molecule is Cc1cccc(-c2nc(C(C)C)no2)c1NC(=O)c1ccc(S(=O)(=O)N2CCCCC2C)cc1. The second kappa shape index (κ2) is 9.68. The van der Waals surface area contributed by atoms with Gasteiger partial charge in [-0.3, -0.25) is 4.79 Å². The van der Waals surface area contributed by atoms with Crippen molar-refractivity contribution in [1.29, 1.82) is 0 Å². The van der Waals surface area contributed by atoms with Crippen LogP contribution in [0.15, 0.2) is 51.9 Å². The number of carbonyl (C=O) groups is 1. The Morgan fingerprint density at radius 1 is 1.15 bits per heavy atom. The summed E-state index contributed by atoms with van der Waals surface area (Å²) in [6.07, 6.45) is 2.76. The Bertz CT molecular complexity index is 1280. The van der Waals surface area contributed by atoms with E-state index in [0.717, 1.165) is 24.8 Å². The first-order valence-electron chi connectivity index (χ1n) is 11.6. The number of hydrogen-bond donors (Lipinski definition) is 1. The summed E-state index contributed by atoms with van der Waals surface area (Å²) in [5.74, 6) is 0.686. The van der Waals surface area contributed by atoms with E-state index in [9.17, 15) is 13.2 Å². The van der Waals surface area contributed by atoms with Gasteiger partial charge in [-0.2, -0.15) is 9.29 Å². The molecule has 1 atom stereocenters. The molecule has 1 unspecified atom stereocenters. The third-order valence-electron chi connectivity index (χ3n) is 6.16. The number of nitrogens with zero attached hydrogens (tertiary/aromatic N) is 3. The molecule has 1 aliphatic rings. The average Bonchev–Trinajstić information content (AvgIpc) is 3.31. The summed E-state index contributed by atoms with van der Waals surface area (Å²) < 4.78 is 33.1. The van der Waals surface area contributed by atoms with Gasteiger partial charge in [0.1, 0.15) is 0 Å². The maximum atomic E-state index is 13.1. The van der Waals surface area contributed by atoms with Crippen LogP contribution >= 0.6 is 0 Å². The van der Waals surface area contributed by atoms with E-state index < -0.39 is 10.0 Å². The van der Waals surface area contributed by atoms with Crippen LogP contribution in [0.3, 0.4) is 0 Å². The molecule has 4 rings (SSSR count). The number of anilines is 1. The Morgan fingerprint density at radius 3 is 2.53 bits per heavy atom. The smallest absolute Gasteiger partial charge is 0.260 e. The highest BCUT2D eigenvalue weighted by atomic mass is 32.2. The fourth-order valence-corrected chi connectivity index (χ4v) is 5.82. The Morgan fingerprint density at radius 2 is 1.88 bits per heavy atom. The van der Waals surface area contributed by atoms with Gasteiger partial charge in [0.25, 0.3) is 11.8 Å². The van der Waals surface area contributed by atoms with Gasteiger partial charge in [-0.1, -0.05) is 37.6 Å². The molecular formula is C25H30N4O4S. The van der Waals surface area contributed by atoms with Crippen LogP contribution in [0.4, 0.5) is 5.69 Å². The van der Waals surface area contributed by atoms with Crippen molar-refractivity contribution in [2.24, 2.45) is 0 Å². The normalized spacial score (nSPS) is 17.1. The van der Waals surface area contributed by atoms with Gasteiger partial charge in [-0.15, -0.1) is 0 Å². The van der Waals surface area contributed by atoms with E-state index in [1.807, 2.05) is 45.9 Å². The number of rotatable bonds is 6. The Labute approximate surface area is 200 Å². The average molecular weight is 483 g/mol. The minimum Gasteiger partial charge on any atom is -0.334 e. The molecule has 0 bridgehead atoms. The number of sulfonamides is 1. The summed E-state index contributed by atoms with van der Waals surface area (Å²) in [6.45, 7) is 8.29. The highest BCUT2D eigenvalue weighted by Crippen LogP contribution is 2.31. The molecule has 0 saturated carbocycles. The van der Waals surface area contributed by atoms with Crippen LogP contribution < -0.4 is 5.32 Å². The van der Waals surface area contributed by atoms with Crippen LogP contribution in [-0.4, -0.2) is 41.4 Å². The second-order valence-electron chi connectivity index (χ2n) is 9.05. The summed E-state index contributed by atoms with van der Waals surface area (Å²) in [6, 6.07) is 11.6. The predicted octanol–water partition coefficient (Wildman–Crippen LogP) is 4.98. The number of aromatic nitrogens is 2.